The number of nitrogens with zero attached hydrogens (tertiary/aromatic N) is 2. The molecule has 3 aromatic rings. The van der Waals surface area contributed by atoms with Crippen LogP contribution in [0.2, 0.25) is 0 Å². The van der Waals surface area contributed by atoms with E-state index in [9.17, 15) is 15.0 Å². The van der Waals surface area contributed by atoms with Crippen molar-refractivity contribution in [3.05, 3.63) is 58.9 Å². The number of thiazole rings is 1. The van der Waals surface area contributed by atoms with E-state index >= 15 is 0 Å². The Kier molecular flexibility index (Phi) is 6.31. The molecule has 1 atom stereocenters. The maximum Gasteiger partial charge on any atom is 0.306 e. The van der Waals surface area contributed by atoms with E-state index in [1.54, 1.807) is 6.20 Å². The van der Waals surface area contributed by atoms with Gasteiger partial charge in [0.2, 0.25) is 0 Å². The lowest BCUT2D eigenvalue weighted by molar-refractivity contribution is -0.144. The molecule has 4 rings (SSSR count). The molecule has 1 aliphatic carbocycles. The van der Waals surface area contributed by atoms with Crippen LogP contribution in [0.5, 0.6) is 0 Å². The summed E-state index contributed by atoms with van der Waals surface area (Å²) in [5.74, 6) is -0.218. The number of hydrogen-bond donors (Lipinski definition) is 3. The highest BCUT2D eigenvalue weighted by Gasteiger charge is 2.40. The summed E-state index contributed by atoms with van der Waals surface area (Å²) >= 11 is 1.50. The summed E-state index contributed by atoms with van der Waals surface area (Å²) in [6.07, 6.45) is 6.21. The van der Waals surface area contributed by atoms with Crippen molar-refractivity contribution in [1.82, 2.24) is 9.97 Å². The molecule has 2 heterocycles. The van der Waals surface area contributed by atoms with Crippen molar-refractivity contribution >= 4 is 28.8 Å². The second-order valence-corrected chi connectivity index (χ2v) is 10.0. The predicted molar refractivity (Wildman–Crippen MR) is 127 cm³/mol. The van der Waals surface area contributed by atoms with Crippen molar-refractivity contribution in [3.63, 3.8) is 0 Å². The number of nitrogens with one attached hydrogen (secondary N) is 1. The molecule has 0 saturated heterocycles. The van der Waals surface area contributed by atoms with E-state index in [0.717, 1.165) is 33.1 Å². The Morgan fingerprint density at radius 1 is 1.09 bits per heavy atom. The van der Waals surface area contributed by atoms with Gasteiger partial charge in [0.05, 0.1) is 10.8 Å². The monoisotopic (exact) mass is 451 g/mol. The molecule has 1 aromatic carbocycles. The molecule has 0 aliphatic heterocycles. The Balaban J connectivity index is 1.54. The minimum absolute atomic E-state index is 0.0132. The molecular weight excluding hydrogens is 422 g/mol. The van der Waals surface area contributed by atoms with Crippen molar-refractivity contribution < 1.29 is 15.0 Å². The first-order chi connectivity index (χ1) is 15.2. The Morgan fingerprint density at radius 3 is 2.53 bits per heavy atom. The first kappa shape index (κ1) is 22.4. The van der Waals surface area contributed by atoms with Gasteiger partial charge in [0.1, 0.15) is 16.4 Å². The number of carboxylic acids is 1. The van der Waals surface area contributed by atoms with Crippen LogP contribution in [0.15, 0.2) is 42.7 Å². The van der Waals surface area contributed by atoms with Gasteiger partial charge < -0.3 is 15.5 Å². The molecule has 0 spiro atoms. The van der Waals surface area contributed by atoms with Crippen LogP contribution in [0, 0.1) is 25.7 Å². The molecule has 0 amide bonds. The molecule has 0 bridgehead atoms. The van der Waals surface area contributed by atoms with Crippen molar-refractivity contribution in [2.75, 3.05) is 5.32 Å². The quantitative estimate of drug-likeness (QED) is 0.447. The van der Waals surface area contributed by atoms with Crippen LogP contribution in [-0.2, 0) is 10.4 Å². The van der Waals surface area contributed by atoms with Gasteiger partial charge in [-0.25, -0.2) is 9.97 Å². The fraction of sp³-hybridized carbons (Fsp3) is 0.400. The number of benzene rings is 1. The van der Waals surface area contributed by atoms with Gasteiger partial charge in [-0.1, -0.05) is 6.07 Å². The van der Waals surface area contributed by atoms with Crippen molar-refractivity contribution in [3.8, 4) is 10.4 Å². The molecule has 32 heavy (non-hydrogen) atoms. The number of aliphatic hydroxyl groups is 1. The van der Waals surface area contributed by atoms with Crippen molar-refractivity contribution in [2.24, 2.45) is 11.8 Å². The molecule has 1 aliphatic rings. The van der Waals surface area contributed by atoms with E-state index in [2.05, 4.69) is 40.4 Å². The van der Waals surface area contributed by atoms with Gasteiger partial charge in [0, 0.05) is 18.1 Å². The summed E-state index contributed by atoms with van der Waals surface area (Å²) in [5, 5.41) is 24.6. The first-order valence-corrected chi connectivity index (χ1v) is 11.8. The van der Waals surface area contributed by atoms with E-state index in [4.69, 9.17) is 0 Å². The topological polar surface area (TPSA) is 95.3 Å². The maximum absolute atomic E-state index is 11.3. The zero-order valence-corrected chi connectivity index (χ0v) is 19.4. The number of anilines is 2. The first-order valence-electron chi connectivity index (χ1n) is 11.0. The second kappa shape index (κ2) is 9.00. The SMILES string of the molecule is Cc1cc(Nc2cc(C)ccn2)cc(-c2cnc(C(C)(O)[C@H]3CC[C@H](C(=O)O)CC3)s2)c1. The summed E-state index contributed by atoms with van der Waals surface area (Å²) < 4.78 is 0. The molecule has 7 heteroatoms. The van der Waals surface area contributed by atoms with Gasteiger partial charge in [-0.05, 0) is 93.3 Å². The standard InChI is InChI=1S/C25H29N3O3S/c1-15-8-9-26-22(12-15)28-20-11-16(2)10-18(13-20)21-14-27-24(32-21)25(3,31)19-6-4-17(5-7-19)23(29)30/h8-14,17,19,31H,4-7H2,1-3H3,(H,26,28)(H,29,30)/t17-,19-,25?. The van der Waals surface area contributed by atoms with Crippen LogP contribution in [-0.4, -0.2) is 26.2 Å². The number of hydrogen-bond acceptors (Lipinski definition) is 6. The van der Waals surface area contributed by atoms with Crippen LogP contribution in [0.25, 0.3) is 10.4 Å². The van der Waals surface area contributed by atoms with Gasteiger partial charge >= 0.3 is 5.97 Å². The number of carboxylic acid groups (broad SMARTS) is 1. The number of aryl methyl sites for hydroxylation is 2. The average Bonchev–Trinajstić information content (AvgIpc) is 3.25. The summed E-state index contributed by atoms with van der Waals surface area (Å²) in [4.78, 5) is 21.2. The molecule has 6 nitrogen and oxygen atoms in total. The molecule has 1 saturated carbocycles. The zero-order valence-electron chi connectivity index (χ0n) is 18.6. The number of pyridine rings is 1. The lowest BCUT2D eigenvalue weighted by Crippen LogP contribution is -2.35. The van der Waals surface area contributed by atoms with Gasteiger partial charge in [0.25, 0.3) is 0 Å². The largest absolute Gasteiger partial charge is 0.481 e. The third-order valence-corrected chi connectivity index (χ3v) is 7.63. The van der Waals surface area contributed by atoms with Crippen molar-refractivity contribution in [1.29, 1.82) is 0 Å². The summed E-state index contributed by atoms with van der Waals surface area (Å²) in [6.45, 7) is 5.90. The van der Waals surface area contributed by atoms with Crippen LogP contribution < -0.4 is 5.32 Å². The molecule has 0 radical (unpaired) electrons. The fourth-order valence-electron chi connectivity index (χ4n) is 4.47. The van der Waals surface area contributed by atoms with E-state index < -0.39 is 11.6 Å². The van der Waals surface area contributed by atoms with Crippen LogP contribution in [0.4, 0.5) is 11.5 Å². The number of carbonyl (C=O) groups is 1. The van der Waals surface area contributed by atoms with Gasteiger partial charge in [0.15, 0.2) is 0 Å². The smallest absolute Gasteiger partial charge is 0.306 e. The minimum Gasteiger partial charge on any atom is -0.481 e. The van der Waals surface area contributed by atoms with E-state index in [1.165, 1.54) is 11.3 Å². The Labute approximate surface area is 192 Å². The van der Waals surface area contributed by atoms with E-state index in [-0.39, 0.29) is 11.8 Å². The maximum atomic E-state index is 11.3. The van der Waals surface area contributed by atoms with Crippen LogP contribution in [0.1, 0.15) is 48.7 Å². The van der Waals surface area contributed by atoms with Crippen LogP contribution >= 0.6 is 11.3 Å². The molecule has 1 unspecified atom stereocenters. The lowest BCUT2D eigenvalue weighted by atomic mass is 9.74. The summed E-state index contributed by atoms with van der Waals surface area (Å²) in [6, 6.07) is 10.2. The highest BCUT2D eigenvalue weighted by atomic mass is 32.1. The number of rotatable bonds is 6. The van der Waals surface area contributed by atoms with E-state index in [0.29, 0.717) is 30.7 Å². The van der Waals surface area contributed by atoms with Gasteiger partial charge in [-0.15, -0.1) is 11.3 Å². The predicted octanol–water partition coefficient (Wildman–Crippen LogP) is 5.66. The number of aromatic nitrogens is 2. The average molecular weight is 452 g/mol. The highest BCUT2D eigenvalue weighted by Crippen LogP contribution is 2.43. The molecule has 1 fully saturated rings. The highest BCUT2D eigenvalue weighted by molar-refractivity contribution is 7.15. The van der Waals surface area contributed by atoms with Crippen LogP contribution in [0.3, 0.4) is 0 Å². The normalized spacial score (nSPS) is 20.5. The summed E-state index contributed by atoms with van der Waals surface area (Å²) in [7, 11) is 0. The third kappa shape index (κ3) is 4.84. The third-order valence-electron chi connectivity index (χ3n) is 6.36. The number of aliphatic carboxylic acids is 1. The van der Waals surface area contributed by atoms with Gasteiger partial charge in [-0.3, -0.25) is 4.79 Å². The Hall–Kier alpha value is -2.77. The Morgan fingerprint density at radius 2 is 1.84 bits per heavy atom. The lowest BCUT2D eigenvalue weighted by Gasteiger charge is -2.35. The fourth-order valence-corrected chi connectivity index (χ4v) is 5.50. The van der Waals surface area contributed by atoms with Crippen molar-refractivity contribution in [2.45, 2.75) is 52.1 Å². The molecular formula is C25H29N3O3S. The Bertz CT molecular complexity index is 1120. The second-order valence-electron chi connectivity index (χ2n) is 9.00. The molecule has 168 valence electrons. The zero-order chi connectivity index (χ0) is 22.9. The molecule has 2 aromatic heterocycles. The minimum atomic E-state index is -1.07. The van der Waals surface area contributed by atoms with E-state index in [1.807, 2.05) is 32.2 Å². The molecule has 3 N–H and O–H groups in total. The summed E-state index contributed by atoms with van der Waals surface area (Å²) in [5.41, 5.74) is 3.18. The van der Waals surface area contributed by atoms with Gasteiger partial charge in [-0.2, -0.15) is 0 Å².